The van der Waals surface area contributed by atoms with Gasteiger partial charge in [0.05, 0.1) is 0 Å². The van der Waals surface area contributed by atoms with Gasteiger partial charge in [0.1, 0.15) is 0 Å². The highest BCUT2D eigenvalue weighted by atomic mass is 19.4. The minimum Gasteiger partial charge on any atom is -0.243 e. The summed E-state index contributed by atoms with van der Waals surface area (Å²) in [5.74, 6) is -7.37. The van der Waals surface area contributed by atoms with Crippen molar-refractivity contribution in [1.82, 2.24) is 0 Å². The lowest BCUT2D eigenvalue weighted by atomic mass is 10.2. The van der Waals surface area contributed by atoms with Crippen molar-refractivity contribution < 1.29 is 70.9 Å². The van der Waals surface area contributed by atoms with E-state index in [-0.39, 0.29) is 0 Å². The average molecular weight is 370 g/mol. The molecular formula is C6F14O2. The highest BCUT2D eigenvalue weighted by molar-refractivity contribution is 4.88. The van der Waals surface area contributed by atoms with Crippen LogP contribution in [-0.2, 0) is 9.47 Å². The molecule has 0 N–H and O–H groups in total. The van der Waals surface area contributed by atoms with Crippen LogP contribution in [0.1, 0.15) is 0 Å². The summed E-state index contributed by atoms with van der Waals surface area (Å²) < 4.78 is 170. The van der Waals surface area contributed by atoms with Crippen LogP contribution in [-0.4, -0.2) is 36.8 Å². The van der Waals surface area contributed by atoms with Gasteiger partial charge in [-0.05, 0) is 0 Å². The Morgan fingerprint density at radius 1 is 0.409 bits per heavy atom. The van der Waals surface area contributed by atoms with Gasteiger partial charge in [-0.1, -0.05) is 0 Å². The van der Waals surface area contributed by atoms with Crippen LogP contribution in [0.2, 0.25) is 0 Å². The first-order chi connectivity index (χ1) is 9.16. The molecule has 0 aromatic carbocycles. The predicted octanol–water partition coefficient (Wildman–Crippen LogP) is 4.52. The molecule has 0 aliphatic rings. The minimum atomic E-state index is -7.42. The SMILES string of the molecule is FC(F)(F)OC(F)(C(F)(F)F)C(F)(F)OC(F)(F)C(F)(F)F. The van der Waals surface area contributed by atoms with E-state index in [2.05, 4.69) is 0 Å². The van der Waals surface area contributed by atoms with E-state index >= 15 is 0 Å². The number of ether oxygens (including phenoxy) is 2. The van der Waals surface area contributed by atoms with Crippen molar-refractivity contribution in [3.63, 3.8) is 0 Å². The van der Waals surface area contributed by atoms with E-state index in [0.29, 0.717) is 0 Å². The van der Waals surface area contributed by atoms with Crippen LogP contribution in [0.25, 0.3) is 0 Å². The summed E-state index contributed by atoms with van der Waals surface area (Å²) in [6.07, 6.45) is -35.8. The maximum Gasteiger partial charge on any atom is 0.525 e. The predicted molar refractivity (Wildman–Crippen MR) is 34.1 cm³/mol. The fourth-order valence-corrected chi connectivity index (χ4v) is 0.726. The third-order valence-corrected chi connectivity index (χ3v) is 1.58. The fraction of sp³-hybridized carbons (Fsp3) is 1.00. The first-order valence-corrected chi connectivity index (χ1v) is 4.21. The molecule has 0 saturated carbocycles. The van der Waals surface area contributed by atoms with Gasteiger partial charge in [0.25, 0.3) is 0 Å². The van der Waals surface area contributed by atoms with Gasteiger partial charge in [-0.2, -0.15) is 48.3 Å². The van der Waals surface area contributed by atoms with Crippen molar-refractivity contribution in [2.24, 2.45) is 0 Å². The Labute approximate surface area is 109 Å². The third-order valence-electron chi connectivity index (χ3n) is 1.58. The Bertz CT molecular complexity index is 390. The van der Waals surface area contributed by atoms with Crippen LogP contribution in [0.5, 0.6) is 0 Å². The molecular weight excluding hydrogens is 370 g/mol. The quantitative estimate of drug-likeness (QED) is 0.678. The molecule has 1 unspecified atom stereocenters. The van der Waals surface area contributed by atoms with Gasteiger partial charge < -0.3 is 0 Å². The topological polar surface area (TPSA) is 18.5 Å². The molecule has 0 spiro atoms. The highest BCUT2D eigenvalue weighted by Gasteiger charge is 2.81. The second-order valence-electron chi connectivity index (χ2n) is 3.27. The molecule has 2 nitrogen and oxygen atoms in total. The zero-order valence-electron chi connectivity index (χ0n) is 9.11. The molecule has 0 fully saturated rings. The Kier molecular flexibility index (Phi) is 4.99. The lowest BCUT2D eigenvalue weighted by molar-refractivity contribution is -0.556. The molecule has 0 radical (unpaired) electrons. The van der Waals surface area contributed by atoms with Gasteiger partial charge in [0.15, 0.2) is 0 Å². The minimum absolute atomic E-state index is 1.32. The van der Waals surface area contributed by atoms with Crippen molar-refractivity contribution in [1.29, 1.82) is 0 Å². The molecule has 0 aliphatic heterocycles. The van der Waals surface area contributed by atoms with Gasteiger partial charge in [-0.25, -0.2) is 9.47 Å². The van der Waals surface area contributed by atoms with Crippen LogP contribution in [0, 0.1) is 0 Å². The second kappa shape index (κ2) is 5.24. The van der Waals surface area contributed by atoms with Crippen LogP contribution in [0.15, 0.2) is 0 Å². The van der Waals surface area contributed by atoms with Gasteiger partial charge in [0.2, 0.25) is 0 Å². The Hall–Kier alpha value is -1.06. The number of hydrogen-bond acceptors (Lipinski definition) is 2. The number of alkyl halides is 14. The monoisotopic (exact) mass is 370 g/mol. The third kappa shape index (κ3) is 4.23. The van der Waals surface area contributed by atoms with Crippen molar-refractivity contribution >= 4 is 0 Å². The first-order valence-electron chi connectivity index (χ1n) is 4.21. The molecule has 0 amide bonds. The summed E-state index contributed by atoms with van der Waals surface area (Å²) in [4.78, 5) is 0. The van der Waals surface area contributed by atoms with Crippen molar-refractivity contribution in [2.75, 3.05) is 0 Å². The van der Waals surface area contributed by atoms with Gasteiger partial charge >= 0.3 is 36.8 Å². The number of rotatable bonds is 4. The van der Waals surface area contributed by atoms with Crippen LogP contribution >= 0.6 is 0 Å². The standard InChI is InChI=1S/C6F14O2/c7-1(2(8,9)10,21-6(18,19)20)4(14,15)22-5(16,17)3(11,12)13. The number of hydrogen-bond donors (Lipinski definition) is 0. The summed E-state index contributed by atoms with van der Waals surface area (Å²) in [6, 6.07) is 0. The second-order valence-corrected chi connectivity index (χ2v) is 3.27. The van der Waals surface area contributed by atoms with Gasteiger partial charge in [-0.15, -0.1) is 13.2 Å². The maximum atomic E-state index is 12.8. The smallest absolute Gasteiger partial charge is 0.243 e. The van der Waals surface area contributed by atoms with E-state index in [1.165, 1.54) is 9.47 Å². The molecule has 16 heteroatoms. The highest BCUT2D eigenvalue weighted by Crippen LogP contribution is 2.52. The molecule has 1 atom stereocenters. The summed E-state index contributed by atoms with van der Waals surface area (Å²) in [7, 11) is 0. The molecule has 0 aromatic rings. The van der Waals surface area contributed by atoms with Crippen molar-refractivity contribution in [3.8, 4) is 0 Å². The van der Waals surface area contributed by atoms with E-state index in [1.807, 2.05) is 0 Å². The molecule has 0 aliphatic carbocycles. The molecule has 134 valence electrons. The summed E-state index contributed by atoms with van der Waals surface area (Å²) in [5.41, 5.74) is 0. The van der Waals surface area contributed by atoms with Crippen molar-refractivity contribution in [2.45, 2.75) is 36.8 Å². The Morgan fingerprint density at radius 3 is 1.00 bits per heavy atom. The van der Waals surface area contributed by atoms with E-state index in [9.17, 15) is 61.5 Å². The first kappa shape index (κ1) is 20.9. The van der Waals surface area contributed by atoms with Gasteiger partial charge in [0, 0.05) is 0 Å². The number of halogens is 14. The largest absolute Gasteiger partial charge is 0.525 e. The lowest BCUT2D eigenvalue weighted by Crippen LogP contribution is -2.63. The molecule has 22 heavy (non-hydrogen) atoms. The van der Waals surface area contributed by atoms with Crippen LogP contribution < -0.4 is 0 Å². The van der Waals surface area contributed by atoms with Gasteiger partial charge in [-0.3, -0.25) is 0 Å². The molecule has 0 rings (SSSR count). The van der Waals surface area contributed by atoms with E-state index in [1.54, 1.807) is 0 Å². The van der Waals surface area contributed by atoms with E-state index in [0.717, 1.165) is 0 Å². The summed E-state index contributed by atoms with van der Waals surface area (Å²) in [6.45, 7) is 0. The van der Waals surface area contributed by atoms with Crippen LogP contribution in [0.4, 0.5) is 61.5 Å². The van der Waals surface area contributed by atoms with E-state index < -0.39 is 36.8 Å². The zero-order chi connectivity index (χ0) is 18.4. The Balaban J connectivity index is 5.85. The lowest BCUT2D eigenvalue weighted by Gasteiger charge is -2.35. The summed E-state index contributed by atoms with van der Waals surface area (Å²) in [5, 5.41) is 0. The molecule has 0 saturated heterocycles. The van der Waals surface area contributed by atoms with E-state index in [4.69, 9.17) is 0 Å². The zero-order valence-corrected chi connectivity index (χ0v) is 9.11. The summed E-state index contributed by atoms with van der Waals surface area (Å²) >= 11 is 0. The molecule has 0 aromatic heterocycles. The molecule has 0 heterocycles. The molecule has 0 bridgehead atoms. The average Bonchev–Trinajstić information content (AvgIpc) is 2.08. The maximum absolute atomic E-state index is 12.8. The van der Waals surface area contributed by atoms with Crippen molar-refractivity contribution in [3.05, 3.63) is 0 Å². The normalized spacial score (nSPS) is 18.3. The Morgan fingerprint density at radius 2 is 0.773 bits per heavy atom. The van der Waals surface area contributed by atoms with Crippen LogP contribution in [0.3, 0.4) is 0 Å². The fourth-order valence-electron chi connectivity index (χ4n) is 0.726.